The summed E-state index contributed by atoms with van der Waals surface area (Å²) in [7, 11) is 0. The molecule has 0 aliphatic carbocycles. The van der Waals surface area contributed by atoms with E-state index < -0.39 is 5.91 Å². The average Bonchev–Trinajstić information content (AvgIpc) is 3.26. The van der Waals surface area contributed by atoms with E-state index >= 15 is 0 Å². The Bertz CT molecular complexity index is 1350. The Kier molecular flexibility index (Phi) is 5.90. The number of hydrazone groups is 1. The molecule has 7 heteroatoms. The quantitative estimate of drug-likeness (QED) is 0.229. The molecule has 0 radical (unpaired) electrons. The molecule has 0 fully saturated rings. The number of aryl methyl sites for hydroxylation is 2. The molecule has 4 rings (SSSR count). The van der Waals surface area contributed by atoms with E-state index in [4.69, 9.17) is 4.42 Å². The highest BCUT2D eigenvalue weighted by Gasteiger charge is 2.15. The molecule has 0 bridgehead atoms. The number of hydrogen-bond donors (Lipinski definition) is 1. The van der Waals surface area contributed by atoms with Crippen LogP contribution < -0.4 is 5.43 Å². The largest absolute Gasteiger partial charge is 0.450 e. The third-order valence-electron chi connectivity index (χ3n) is 5.42. The zero-order valence-electron chi connectivity index (χ0n) is 17.6. The van der Waals surface area contributed by atoms with Crippen molar-refractivity contribution in [2.24, 2.45) is 5.10 Å². The molecular formula is C24H21Br2N3O2. The van der Waals surface area contributed by atoms with Gasteiger partial charge in [0, 0.05) is 32.5 Å². The van der Waals surface area contributed by atoms with E-state index in [-0.39, 0.29) is 5.76 Å². The number of rotatable bonds is 4. The summed E-state index contributed by atoms with van der Waals surface area (Å²) >= 11 is 6.89. The topological polar surface area (TPSA) is 59.5 Å². The molecule has 2 aromatic heterocycles. The lowest BCUT2D eigenvalue weighted by Gasteiger charge is -2.14. The van der Waals surface area contributed by atoms with Crippen LogP contribution in [0.4, 0.5) is 0 Å². The molecule has 0 unspecified atom stereocenters. The van der Waals surface area contributed by atoms with Gasteiger partial charge in [0.2, 0.25) is 0 Å². The van der Waals surface area contributed by atoms with Crippen LogP contribution >= 0.6 is 31.9 Å². The van der Waals surface area contributed by atoms with E-state index in [9.17, 15) is 4.79 Å². The van der Waals surface area contributed by atoms with E-state index in [2.05, 4.69) is 92.0 Å². The first-order valence-corrected chi connectivity index (χ1v) is 11.3. The fourth-order valence-corrected chi connectivity index (χ4v) is 5.01. The Labute approximate surface area is 197 Å². The summed E-state index contributed by atoms with van der Waals surface area (Å²) in [6, 6.07) is 13.8. The number of fused-ring (bicyclic) bond motifs is 1. The van der Waals surface area contributed by atoms with Gasteiger partial charge in [0.25, 0.3) is 0 Å². The van der Waals surface area contributed by atoms with Crippen molar-refractivity contribution in [1.29, 1.82) is 0 Å². The Morgan fingerprint density at radius 3 is 2.65 bits per heavy atom. The van der Waals surface area contributed by atoms with Crippen molar-refractivity contribution in [2.45, 2.75) is 27.7 Å². The average molecular weight is 543 g/mol. The van der Waals surface area contributed by atoms with E-state index in [1.54, 1.807) is 12.3 Å². The van der Waals surface area contributed by atoms with Crippen molar-refractivity contribution >= 4 is 55.0 Å². The highest BCUT2D eigenvalue weighted by Crippen LogP contribution is 2.31. The number of carbonyl (C=O) groups excluding carboxylic acids is 1. The summed E-state index contributed by atoms with van der Waals surface area (Å²) < 4.78 is 9.57. The highest BCUT2D eigenvalue weighted by molar-refractivity contribution is 9.11. The fourth-order valence-electron chi connectivity index (χ4n) is 3.67. The smallest absolute Gasteiger partial charge is 0.307 e. The number of nitrogens with zero attached hydrogens (tertiary/aromatic N) is 2. The van der Waals surface area contributed by atoms with Crippen molar-refractivity contribution in [1.82, 2.24) is 9.99 Å². The third-order valence-corrected chi connectivity index (χ3v) is 6.46. The van der Waals surface area contributed by atoms with Crippen LogP contribution in [0.25, 0.3) is 16.7 Å². The molecule has 2 aromatic carbocycles. The summed E-state index contributed by atoms with van der Waals surface area (Å²) in [5.41, 5.74) is 9.92. The molecule has 5 nitrogen and oxygen atoms in total. The van der Waals surface area contributed by atoms with Gasteiger partial charge in [-0.2, -0.15) is 5.10 Å². The van der Waals surface area contributed by atoms with E-state index in [1.807, 2.05) is 19.1 Å². The second-order valence-corrected chi connectivity index (χ2v) is 9.27. The molecule has 0 aliphatic heterocycles. The molecule has 4 aromatic rings. The van der Waals surface area contributed by atoms with Crippen molar-refractivity contribution < 1.29 is 9.21 Å². The van der Waals surface area contributed by atoms with Crippen LogP contribution in [0.15, 0.2) is 60.9 Å². The van der Waals surface area contributed by atoms with Gasteiger partial charge in [0.1, 0.15) is 5.58 Å². The Hall–Kier alpha value is -2.64. The summed E-state index contributed by atoms with van der Waals surface area (Å²) in [4.78, 5) is 12.5. The van der Waals surface area contributed by atoms with Gasteiger partial charge in [-0.25, -0.2) is 5.43 Å². The number of halogens is 2. The SMILES string of the molecule is Cc1cccc(-n2c(C)cc(/C=N\NC(=O)c3cc4cc(Br)cc(Br)c4o3)c2C)c1C. The molecule has 1 amide bonds. The molecule has 1 N–H and O–H groups in total. The molecule has 0 spiro atoms. The maximum atomic E-state index is 12.5. The lowest BCUT2D eigenvalue weighted by atomic mass is 10.1. The van der Waals surface area contributed by atoms with Gasteiger partial charge in [0.15, 0.2) is 5.76 Å². The molecule has 0 saturated heterocycles. The Balaban J connectivity index is 1.56. The predicted octanol–water partition coefficient (Wildman–Crippen LogP) is 6.75. The number of nitrogens with one attached hydrogen (secondary N) is 1. The summed E-state index contributed by atoms with van der Waals surface area (Å²) in [5, 5.41) is 4.98. The number of furan rings is 1. The van der Waals surface area contributed by atoms with Crippen LogP contribution in [0.2, 0.25) is 0 Å². The van der Waals surface area contributed by atoms with Crippen LogP contribution in [0.1, 0.15) is 38.6 Å². The lowest BCUT2D eigenvalue weighted by molar-refractivity contribution is 0.0929. The van der Waals surface area contributed by atoms with Gasteiger partial charge in [-0.05, 0) is 85.1 Å². The van der Waals surface area contributed by atoms with Gasteiger partial charge in [-0.1, -0.05) is 28.1 Å². The van der Waals surface area contributed by atoms with Crippen LogP contribution in [0.5, 0.6) is 0 Å². The second-order valence-electron chi connectivity index (χ2n) is 7.50. The van der Waals surface area contributed by atoms with Gasteiger partial charge < -0.3 is 8.98 Å². The van der Waals surface area contributed by atoms with Crippen molar-refractivity contribution in [2.75, 3.05) is 0 Å². The number of aromatic nitrogens is 1. The first-order chi connectivity index (χ1) is 14.8. The van der Waals surface area contributed by atoms with Crippen LogP contribution in [-0.4, -0.2) is 16.7 Å². The molecular weight excluding hydrogens is 522 g/mol. The zero-order chi connectivity index (χ0) is 22.3. The Morgan fingerprint density at radius 2 is 1.87 bits per heavy atom. The first-order valence-electron chi connectivity index (χ1n) is 9.74. The van der Waals surface area contributed by atoms with Gasteiger partial charge >= 0.3 is 5.91 Å². The molecule has 2 heterocycles. The minimum atomic E-state index is -0.404. The fraction of sp³-hybridized carbons (Fsp3) is 0.167. The molecule has 158 valence electrons. The van der Waals surface area contributed by atoms with Crippen LogP contribution in [0.3, 0.4) is 0 Å². The maximum Gasteiger partial charge on any atom is 0.307 e. The second kappa shape index (κ2) is 8.48. The third kappa shape index (κ3) is 4.12. The van der Waals surface area contributed by atoms with Gasteiger partial charge in [-0.15, -0.1) is 0 Å². The molecule has 0 saturated carbocycles. The van der Waals surface area contributed by atoms with Gasteiger partial charge in [0.05, 0.1) is 10.7 Å². The number of amides is 1. The Morgan fingerprint density at radius 1 is 1.10 bits per heavy atom. The molecule has 31 heavy (non-hydrogen) atoms. The standard InChI is InChI=1S/C24H21Br2N3O2/c1-13-6-5-7-21(15(13)3)29-14(2)8-18(16(29)4)12-27-28-24(30)22-10-17-9-19(25)11-20(26)23(17)31-22/h5-12H,1-4H3,(H,28,30)/b27-12-. The number of hydrogen-bond acceptors (Lipinski definition) is 3. The monoisotopic (exact) mass is 541 g/mol. The summed E-state index contributed by atoms with van der Waals surface area (Å²) in [6.45, 7) is 8.35. The van der Waals surface area contributed by atoms with Crippen LogP contribution in [0, 0.1) is 27.7 Å². The summed E-state index contributed by atoms with van der Waals surface area (Å²) in [5.74, 6) is -0.203. The zero-order valence-corrected chi connectivity index (χ0v) is 20.8. The van der Waals surface area contributed by atoms with Crippen LogP contribution in [-0.2, 0) is 0 Å². The minimum absolute atomic E-state index is 0.201. The minimum Gasteiger partial charge on any atom is -0.450 e. The maximum absolute atomic E-state index is 12.5. The number of carbonyl (C=O) groups is 1. The molecule has 0 atom stereocenters. The van der Waals surface area contributed by atoms with Crippen molar-refractivity contribution in [3.05, 3.63) is 85.2 Å². The van der Waals surface area contributed by atoms with Crippen molar-refractivity contribution in [3.8, 4) is 5.69 Å². The molecule has 0 aliphatic rings. The van der Waals surface area contributed by atoms with E-state index in [0.29, 0.717) is 5.58 Å². The van der Waals surface area contributed by atoms with E-state index in [1.165, 1.54) is 11.1 Å². The number of benzene rings is 2. The summed E-state index contributed by atoms with van der Waals surface area (Å²) in [6.07, 6.45) is 1.66. The highest BCUT2D eigenvalue weighted by atomic mass is 79.9. The van der Waals surface area contributed by atoms with Gasteiger partial charge in [-0.3, -0.25) is 4.79 Å². The normalized spacial score (nSPS) is 11.5. The predicted molar refractivity (Wildman–Crippen MR) is 131 cm³/mol. The lowest BCUT2D eigenvalue weighted by Crippen LogP contribution is -2.16. The van der Waals surface area contributed by atoms with E-state index in [0.717, 1.165) is 37.0 Å². The first kappa shape index (κ1) is 21.6. The van der Waals surface area contributed by atoms with Crippen molar-refractivity contribution in [3.63, 3.8) is 0 Å².